The van der Waals surface area contributed by atoms with Gasteiger partial charge < -0.3 is 19.7 Å². The molecule has 0 radical (unpaired) electrons. The predicted octanol–water partition coefficient (Wildman–Crippen LogP) is 3.92. The zero-order valence-corrected chi connectivity index (χ0v) is 18.9. The molecule has 0 unspecified atom stereocenters. The third-order valence-corrected chi connectivity index (χ3v) is 5.87. The summed E-state index contributed by atoms with van der Waals surface area (Å²) in [5.74, 6) is 1.45. The fraction of sp³-hybridized carbons (Fsp3) is 0.292. The first-order valence-corrected chi connectivity index (χ1v) is 10.9. The average molecular weight is 463 g/mol. The van der Waals surface area contributed by atoms with E-state index >= 15 is 0 Å². The standard InChI is InChI=1S/C24H25N5O5/c1-33-21-6-4-3-5-18(21)19-8-10-23(27-26-19)28-13-11-16(12-14-28)24(30)25-20-15-17(29(31)32)7-9-22(20)34-2/h3-10,15-16H,11-14H2,1-2H3,(H,25,30). The van der Waals surface area contributed by atoms with E-state index in [2.05, 4.69) is 20.4 Å². The molecule has 2 heterocycles. The van der Waals surface area contributed by atoms with Crippen molar-refractivity contribution in [2.75, 3.05) is 37.5 Å². The highest BCUT2D eigenvalue weighted by molar-refractivity contribution is 5.94. The summed E-state index contributed by atoms with van der Waals surface area (Å²) < 4.78 is 10.6. The number of carbonyl (C=O) groups is 1. The molecule has 0 aliphatic carbocycles. The second-order valence-electron chi connectivity index (χ2n) is 7.87. The van der Waals surface area contributed by atoms with Crippen LogP contribution in [0.1, 0.15) is 12.8 Å². The molecule has 1 aliphatic heterocycles. The van der Waals surface area contributed by atoms with E-state index in [1.54, 1.807) is 7.11 Å². The Balaban J connectivity index is 1.38. The number of hydrogen-bond donors (Lipinski definition) is 1. The van der Waals surface area contributed by atoms with E-state index in [-0.39, 0.29) is 17.5 Å². The number of carbonyl (C=O) groups excluding carboxylic acids is 1. The van der Waals surface area contributed by atoms with Gasteiger partial charge in [0.25, 0.3) is 5.69 Å². The van der Waals surface area contributed by atoms with Gasteiger partial charge in [0.15, 0.2) is 5.82 Å². The van der Waals surface area contributed by atoms with E-state index in [9.17, 15) is 14.9 Å². The van der Waals surface area contributed by atoms with Crippen molar-refractivity contribution < 1.29 is 19.2 Å². The van der Waals surface area contributed by atoms with Gasteiger partial charge in [0.05, 0.1) is 30.5 Å². The van der Waals surface area contributed by atoms with Crippen molar-refractivity contribution in [3.8, 4) is 22.8 Å². The van der Waals surface area contributed by atoms with Crippen LogP contribution in [-0.4, -0.2) is 48.3 Å². The lowest BCUT2D eigenvalue weighted by Gasteiger charge is -2.31. The van der Waals surface area contributed by atoms with Crippen molar-refractivity contribution in [2.45, 2.75) is 12.8 Å². The van der Waals surface area contributed by atoms with Crippen LogP contribution < -0.4 is 19.7 Å². The number of nitro groups is 1. The first-order valence-electron chi connectivity index (χ1n) is 10.9. The molecule has 0 atom stereocenters. The molecule has 4 rings (SSSR count). The third-order valence-electron chi connectivity index (χ3n) is 5.87. The number of benzene rings is 2. The minimum absolute atomic E-state index is 0.110. The van der Waals surface area contributed by atoms with Gasteiger partial charge in [-0.1, -0.05) is 12.1 Å². The molecule has 1 amide bonds. The zero-order valence-electron chi connectivity index (χ0n) is 18.9. The fourth-order valence-electron chi connectivity index (χ4n) is 4.01. The van der Waals surface area contributed by atoms with Crippen LogP contribution in [0.2, 0.25) is 0 Å². The van der Waals surface area contributed by atoms with Crippen molar-refractivity contribution in [3.05, 3.63) is 64.7 Å². The van der Waals surface area contributed by atoms with Gasteiger partial charge in [0, 0.05) is 36.7 Å². The molecule has 1 aliphatic rings. The SMILES string of the molecule is COc1ccc([N+](=O)[O-])cc1NC(=O)C1CCN(c2ccc(-c3ccccc3OC)nn2)CC1. The summed E-state index contributed by atoms with van der Waals surface area (Å²) in [6, 6.07) is 15.6. The molecule has 176 valence electrons. The second kappa shape index (κ2) is 10.2. The van der Waals surface area contributed by atoms with Crippen molar-refractivity contribution in [1.82, 2.24) is 10.2 Å². The Kier molecular flexibility index (Phi) is 6.86. The summed E-state index contributed by atoms with van der Waals surface area (Å²) in [5, 5.41) is 22.6. The smallest absolute Gasteiger partial charge is 0.271 e. The largest absolute Gasteiger partial charge is 0.496 e. The Bertz CT molecular complexity index is 1180. The number of amides is 1. The van der Waals surface area contributed by atoms with Crippen LogP contribution >= 0.6 is 0 Å². The predicted molar refractivity (Wildman–Crippen MR) is 127 cm³/mol. The van der Waals surface area contributed by atoms with Crippen molar-refractivity contribution in [3.63, 3.8) is 0 Å². The molecule has 0 saturated carbocycles. The molecule has 0 bridgehead atoms. The molecule has 3 aromatic rings. The van der Waals surface area contributed by atoms with Crippen LogP contribution in [-0.2, 0) is 4.79 Å². The number of para-hydroxylation sites is 1. The average Bonchev–Trinajstić information content (AvgIpc) is 2.88. The van der Waals surface area contributed by atoms with E-state index in [0.29, 0.717) is 37.4 Å². The number of nitrogens with one attached hydrogen (secondary N) is 1. The summed E-state index contributed by atoms with van der Waals surface area (Å²) in [4.78, 5) is 25.5. The molecule has 0 spiro atoms. The van der Waals surface area contributed by atoms with Gasteiger partial charge >= 0.3 is 0 Å². The van der Waals surface area contributed by atoms with Gasteiger partial charge in [-0.2, -0.15) is 0 Å². The highest BCUT2D eigenvalue weighted by Crippen LogP contribution is 2.31. The number of aromatic nitrogens is 2. The van der Waals surface area contributed by atoms with Gasteiger partial charge in [0.1, 0.15) is 11.5 Å². The van der Waals surface area contributed by atoms with E-state index < -0.39 is 4.92 Å². The molecule has 1 N–H and O–H groups in total. The minimum atomic E-state index is -0.506. The van der Waals surface area contributed by atoms with Gasteiger partial charge in [0.2, 0.25) is 5.91 Å². The van der Waals surface area contributed by atoms with E-state index in [4.69, 9.17) is 9.47 Å². The Hall–Kier alpha value is -4.21. The minimum Gasteiger partial charge on any atom is -0.496 e. The molecule has 1 fully saturated rings. The van der Waals surface area contributed by atoms with Gasteiger partial charge in [-0.25, -0.2) is 0 Å². The molecule has 1 saturated heterocycles. The second-order valence-corrected chi connectivity index (χ2v) is 7.87. The van der Waals surface area contributed by atoms with Crippen LogP contribution in [0.5, 0.6) is 11.5 Å². The highest BCUT2D eigenvalue weighted by Gasteiger charge is 2.27. The molecule has 10 nitrogen and oxygen atoms in total. The van der Waals surface area contributed by atoms with Crippen molar-refractivity contribution in [2.24, 2.45) is 5.92 Å². The summed E-state index contributed by atoms with van der Waals surface area (Å²) >= 11 is 0. The topological polar surface area (TPSA) is 120 Å². The molecule has 1 aromatic heterocycles. The summed E-state index contributed by atoms with van der Waals surface area (Å²) in [6.07, 6.45) is 1.25. The van der Waals surface area contributed by atoms with Gasteiger partial charge in [-0.15, -0.1) is 10.2 Å². The summed E-state index contributed by atoms with van der Waals surface area (Å²) in [5.41, 5.74) is 1.78. The number of nitro benzene ring substituents is 1. The summed E-state index contributed by atoms with van der Waals surface area (Å²) in [7, 11) is 3.07. The van der Waals surface area contributed by atoms with Crippen LogP contribution in [0.15, 0.2) is 54.6 Å². The van der Waals surface area contributed by atoms with Crippen molar-refractivity contribution in [1.29, 1.82) is 0 Å². The molecule has 10 heteroatoms. The molecule has 2 aromatic carbocycles. The Morgan fingerprint density at radius 3 is 2.41 bits per heavy atom. The number of piperidine rings is 1. The summed E-state index contributed by atoms with van der Waals surface area (Å²) in [6.45, 7) is 1.29. The normalized spacial score (nSPS) is 13.9. The Labute approximate surface area is 196 Å². The van der Waals surface area contributed by atoms with E-state index in [0.717, 1.165) is 22.8 Å². The number of nitrogens with zero attached hydrogens (tertiary/aromatic N) is 4. The number of non-ortho nitro benzene ring substituents is 1. The lowest BCUT2D eigenvalue weighted by Crippen LogP contribution is -2.38. The van der Waals surface area contributed by atoms with Crippen molar-refractivity contribution >= 4 is 23.1 Å². The number of ether oxygens (including phenoxy) is 2. The number of methoxy groups -OCH3 is 2. The monoisotopic (exact) mass is 463 g/mol. The number of anilines is 2. The maximum Gasteiger partial charge on any atom is 0.271 e. The van der Waals surface area contributed by atoms with Crippen LogP contribution in [0.3, 0.4) is 0 Å². The first kappa shape index (κ1) is 23.0. The maximum atomic E-state index is 12.8. The Morgan fingerprint density at radius 2 is 1.76 bits per heavy atom. The Morgan fingerprint density at radius 1 is 1.03 bits per heavy atom. The van der Waals surface area contributed by atoms with E-state index in [1.165, 1.54) is 25.3 Å². The van der Waals surface area contributed by atoms with Crippen LogP contribution in [0.4, 0.5) is 17.2 Å². The van der Waals surface area contributed by atoms with Gasteiger partial charge in [-0.3, -0.25) is 14.9 Å². The number of rotatable bonds is 7. The fourth-order valence-corrected chi connectivity index (χ4v) is 4.01. The van der Waals surface area contributed by atoms with E-state index in [1.807, 2.05) is 36.4 Å². The van der Waals surface area contributed by atoms with Crippen LogP contribution in [0, 0.1) is 16.0 Å². The van der Waals surface area contributed by atoms with Gasteiger partial charge in [-0.05, 0) is 43.2 Å². The molecule has 34 heavy (non-hydrogen) atoms. The first-order chi connectivity index (χ1) is 16.5. The molecular formula is C24H25N5O5. The molecular weight excluding hydrogens is 438 g/mol. The number of hydrogen-bond acceptors (Lipinski definition) is 8. The highest BCUT2D eigenvalue weighted by atomic mass is 16.6. The van der Waals surface area contributed by atoms with Crippen LogP contribution in [0.25, 0.3) is 11.3 Å². The zero-order chi connectivity index (χ0) is 24.1. The quantitative estimate of drug-likeness (QED) is 0.413. The lowest BCUT2D eigenvalue weighted by molar-refractivity contribution is -0.384. The third kappa shape index (κ3) is 4.90. The maximum absolute atomic E-state index is 12.8. The lowest BCUT2D eigenvalue weighted by atomic mass is 9.95.